The molecule has 176 valence electrons. The fourth-order valence-corrected chi connectivity index (χ4v) is 3.89. The predicted molar refractivity (Wildman–Crippen MR) is 128 cm³/mol. The maximum absolute atomic E-state index is 12.5. The van der Waals surface area contributed by atoms with E-state index >= 15 is 0 Å². The van der Waals surface area contributed by atoms with E-state index in [1.54, 1.807) is 12.1 Å². The highest BCUT2D eigenvalue weighted by Crippen LogP contribution is 2.15. The fraction of sp³-hybridized carbons (Fsp3) is 0.444. The molecule has 0 radical (unpaired) electrons. The largest absolute Gasteiger partial charge is 0.494 e. The molecule has 0 bridgehead atoms. The summed E-state index contributed by atoms with van der Waals surface area (Å²) in [7, 11) is 0. The van der Waals surface area contributed by atoms with Crippen LogP contribution in [0.3, 0.4) is 0 Å². The standard InChI is InChI=1S/C27H34N2O4/c1-20-5-9-22(10-6-20)25(30)13-14-26(31)28-23-15-17-29(18-16-23)27(32)4-3-19-33-24-11-7-21(2)8-12-24/h5-12,23H,3-4,13-19H2,1-2H3,(H,28,31). The minimum atomic E-state index is -0.103. The zero-order valence-electron chi connectivity index (χ0n) is 19.6. The predicted octanol–water partition coefficient (Wildman–Crippen LogP) is 4.23. The number of ether oxygens (including phenoxy) is 1. The fourth-order valence-electron chi connectivity index (χ4n) is 3.89. The summed E-state index contributed by atoms with van der Waals surface area (Å²) in [5, 5.41) is 3.02. The van der Waals surface area contributed by atoms with Crippen molar-refractivity contribution in [2.24, 2.45) is 0 Å². The Bertz CT molecular complexity index is 930. The molecule has 0 unspecified atom stereocenters. The highest BCUT2D eigenvalue weighted by molar-refractivity contribution is 5.98. The summed E-state index contributed by atoms with van der Waals surface area (Å²) in [5.41, 5.74) is 2.93. The minimum Gasteiger partial charge on any atom is -0.494 e. The molecule has 6 heteroatoms. The van der Waals surface area contributed by atoms with Crippen molar-refractivity contribution >= 4 is 17.6 Å². The van der Waals surface area contributed by atoms with Crippen molar-refractivity contribution in [3.63, 3.8) is 0 Å². The Morgan fingerprint density at radius 2 is 1.48 bits per heavy atom. The average molecular weight is 451 g/mol. The topological polar surface area (TPSA) is 75.7 Å². The van der Waals surface area contributed by atoms with Gasteiger partial charge in [0.15, 0.2) is 5.78 Å². The Morgan fingerprint density at radius 3 is 2.12 bits per heavy atom. The number of nitrogens with zero attached hydrogens (tertiary/aromatic N) is 1. The smallest absolute Gasteiger partial charge is 0.222 e. The molecule has 2 aromatic rings. The van der Waals surface area contributed by atoms with E-state index in [1.807, 2.05) is 55.1 Å². The molecule has 1 saturated heterocycles. The van der Waals surface area contributed by atoms with Crippen LogP contribution in [-0.4, -0.2) is 48.2 Å². The van der Waals surface area contributed by atoms with Gasteiger partial charge in [-0.3, -0.25) is 14.4 Å². The third kappa shape index (κ3) is 8.04. The zero-order valence-corrected chi connectivity index (χ0v) is 19.6. The Labute approximate surface area is 196 Å². The quantitative estimate of drug-likeness (QED) is 0.434. The molecule has 1 N–H and O–H groups in total. The maximum atomic E-state index is 12.5. The molecule has 6 nitrogen and oxygen atoms in total. The summed E-state index contributed by atoms with van der Waals surface area (Å²) in [6, 6.07) is 15.4. The number of nitrogens with one attached hydrogen (secondary N) is 1. The van der Waals surface area contributed by atoms with Gasteiger partial charge in [0.1, 0.15) is 5.75 Å². The van der Waals surface area contributed by atoms with Crippen LogP contribution in [0.1, 0.15) is 60.0 Å². The van der Waals surface area contributed by atoms with Gasteiger partial charge in [-0.25, -0.2) is 0 Å². The van der Waals surface area contributed by atoms with Gasteiger partial charge in [-0.2, -0.15) is 0 Å². The molecule has 1 aliphatic rings. The summed E-state index contributed by atoms with van der Waals surface area (Å²) in [4.78, 5) is 38.8. The van der Waals surface area contributed by atoms with Gasteiger partial charge in [-0.1, -0.05) is 47.5 Å². The molecular weight excluding hydrogens is 416 g/mol. The van der Waals surface area contributed by atoms with Crippen LogP contribution >= 0.6 is 0 Å². The number of likely N-dealkylation sites (tertiary alicyclic amines) is 1. The van der Waals surface area contributed by atoms with Gasteiger partial charge in [-0.15, -0.1) is 0 Å². The van der Waals surface area contributed by atoms with E-state index in [9.17, 15) is 14.4 Å². The first kappa shape index (κ1) is 24.5. The molecule has 2 aromatic carbocycles. The summed E-state index contributed by atoms with van der Waals surface area (Å²) in [6.45, 7) is 5.81. The second-order valence-electron chi connectivity index (χ2n) is 8.78. The number of ketones is 1. The second kappa shape index (κ2) is 12.2. The molecule has 1 fully saturated rings. The maximum Gasteiger partial charge on any atom is 0.222 e. The van der Waals surface area contributed by atoms with Gasteiger partial charge >= 0.3 is 0 Å². The van der Waals surface area contributed by atoms with Crippen molar-refractivity contribution in [3.8, 4) is 5.75 Å². The lowest BCUT2D eigenvalue weighted by Crippen LogP contribution is -2.46. The number of carbonyl (C=O) groups is 3. The lowest BCUT2D eigenvalue weighted by molar-refractivity contribution is -0.132. The van der Waals surface area contributed by atoms with Crippen LogP contribution in [0, 0.1) is 13.8 Å². The number of carbonyl (C=O) groups excluding carboxylic acids is 3. The van der Waals surface area contributed by atoms with E-state index in [2.05, 4.69) is 5.32 Å². The first-order chi connectivity index (χ1) is 15.9. The second-order valence-corrected chi connectivity index (χ2v) is 8.78. The Kier molecular flexibility index (Phi) is 9.04. The highest BCUT2D eigenvalue weighted by Gasteiger charge is 2.23. The Morgan fingerprint density at radius 1 is 0.879 bits per heavy atom. The number of aryl methyl sites for hydroxylation is 2. The third-order valence-electron chi connectivity index (χ3n) is 5.99. The van der Waals surface area contributed by atoms with Crippen LogP contribution in [0.2, 0.25) is 0 Å². The number of rotatable bonds is 10. The first-order valence-corrected chi connectivity index (χ1v) is 11.8. The number of hydrogen-bond donors (Lipinski definition) is 1. The first-order valence-electron chi connectivity index (χ1n) is 11.8. The van der Waals surface area contributed by atoms with E-state index < -0.39 is 0 Å². The van der Waals surface area contributed by atoms with Crippen LogP contribution in [0.25, 0.3) is 0 Å². The molecule has 0 aliphatic carbocycles. The van der Waals surface area contributed by atoms with E-state index in [-0.39, 0.29) is 36.5 Å². The van der Waals surface area contributed by atoms with Crippen LogP contribution in [0.15, 0.2) is 48.5 Å². The van der Waals surface area contributed by atoms with Crippen LogP contribution in [0.4, 0.5) is 0 Å². The van der Waals surface area contributed by atoms with Crippen LogP contribution in [-0.2, 0) is 9.59 Å². The number of hydrogen-bond acceptors (Lipinski definition) is 4. The minimum absolute atomic E-state index is 0.0167. The summed E-state index contributed by atoms with van der Waals surface area (Å²) < 4.78 is 5.69. The SMILES string of the molecule is Cc1ccc(OCCCC(=O)N2CCC(NC(=O)CCC(=O)c3ccc(C)cc3)CC2)cc1. The molecule has 1 aliphatic heterocycles. The Balaban J connectivity index is 1.29. The van der Waals surface area contributed by atoms with Crippen molar-refractivity contribution < 1.29 is 19.1 Å². The van der Waals surface area contributed by atoms with Crippen LogP contribution in [0.5, 0.6) is 5.75 Å². The number of amides is 2. The van der Waals surface area contributed by atoms with Gasteiger partial charge in [0.2, 0.25) is 11.8 Å². The highest BCUT2D eigenvalue weighted by atomic mass is 16.5. The molecule has 0 saturated carbocycles. The number of benzene rings is 2. The number of Topliss-reactive ketones (excluding diaryl/α,β-unsaturated/α-hetero) is 1. The molecule has 0 aromatic heterocycles. The van der Waals surface area contributed by atoms with Crippen molar-refractivity contribution in [3.05, 3.63) is 65.2 Å². The molecule has 2 amide bonds. The van der Waals surface area contributed by atoms with Gasteiger partial charge in [0.05, 0.1) is 6.61 Å². The van der Waals surface area contributed by atoms with E-state index in [1.165, 1.54) is 5.56 Å². The van der Waals surface area contributed by atoms with E-state index in [0.717, 1.165) is 24.2 Å². The summed E-state index contributed by atoms with van der Waals surface area (Å²) >= 11 is 0. The van der Waals surface area contributed by atoms with Crippen molar-refractivity contribution in [1.82, 2.24) is 10.2 Å². The van der Waals surface area contributed by atoms with Gasteiger partial charge < -0.3 is 15.0 Å². The lowest BCUT2D eigenvalue weighted by atomic mass is 10.0. The summed E-state index contributed by atoms with van der Waals surface area (Å²) in [5.74, 6) is 0.839. The zero-order chi connectivity index (χ0) is 23.6. The molecule has 0 spiro atoms. The van der Waals surface area contributed by atoms with Gasteiger partial charge in [0.25, 0.3) is 0 Å². The van der Waals surface area contributed by atoms with Crippen molar-refractivity contribution in [2.45, 2.75) is 58.4 Å². The molecule has 3 rings (SSSR count). The molecular formula is C27H34N2O4. The van der Waals surface area contributed by atoms with E-state index in [4.69, 9.17) is 4.74 Å². The normalized spacial score (nSPS) is 14.1. The monoisotopic (exact) mass is 450 g/mol. The van der Waals surface area contributed by atoms with Gasteiger partial charge in [-0.05, 0) is 45.2 Å². The Hall–Kier alpha value is -3.15. The number of piperidine rings is 1. The van der Waals surface area contributed by atoms with Gasteiger partial charge in [0, 0.05) is 44.0 Å². The van der Waals surface area contributed by atoms with E-state index in [0.29, 0.717) is 38.1 Å². The summed E-state index contributed by atoms with van der Waals surface area (Å²) in [6.07, 6.45) is 3.01. The third-order valence-corrected chi connectivity index (χ3v) is 5.99. The molecule has 33 heavy (non-hydrogen) atoms. The average Bonchev–Trinajstić information content (AvgIpc) is 2.82. The molecule has 0 atom stereocenters. The van der Waals surface area contributed by atoms with Crippen molar-refractivity contribution in [2.75, 3.05) is 19.7 Å². The lowest BCUT2D eigenvalue weighted by Gasteiger charge is -2.32. The van der Waals surface area contributed by atoms with Crippen LogP contribution < -0.4 is 10.1 Å². The molecule has 1 heterocycles. The van der Waals surface area contributed by atoms with Crippen molar-refractivity contribution in [1.29, 1.82) is 0 Å².